The summed E-state index contributed by atoms with van der Waals surface area (Å²) in [6.07, 6.45) is 0.244. The van der Waals surface area contributed by atoms with Gasteiger partial charge in [0, 0.05) is 13.0 Å². The van der Waals surface area contributed by atoms with Crippen LogP contribution in [0.15, 0.2) is 33.2 Å². The quantitative estimate of drug-likeness (QED) is 0.791. The van der Waals surface area contributed by atoms with Gasteiger partial charge in [0.25, 0.3) is 0 Å². The number of aryl methyl sites for hydroxylation is 2. The van der Waals surface area contributed by atoms with Crippen LogP contribution in [-0.2, 0) is 11.2 Å². The Morgan fingerprint density at radius 1 is 1.30 bits per heavy atom. The van der Waals surface area contributed by atoms with Crippen LogP contribution in [0.3, 0.4) is 0 Å². The number of benzene rings is 1. The summed E-state index contributed by atoms with van der Waals surface area (Å²) in [6, 6.07) is 7.18. The molecule has 6 nitrogen and oxygen atoms in total. The number of amides is 1. The van der Waals surface area contributed by atoms with Gasteiger partial charge in [-0.15, -0.1) is 0 Å². The third-order valence-corrected chi connectivity index (χ3v) is 2.82. The van der Waals surface area contributed by atoms with Crippen LogP contribution >= 0.6 is 0 Å². The van der Waals surface area contributed by atoms with Crippen LogP contribution in [0, 0.1) is 13.8 Å². The molecule has 3 rings (SSSR count). The first-order chi connectivity index (χ1) is 9.60. The lowest BCUT2D eigenvalue weighted by atomic mass is 10.1. The molecule has 0 spiro atoms. The molecule has 20 heavy (non-hydrogen) atoms. The number of anilines is 1. The summed E-state index contributed by atoms with van der Waals surface area (Å²) in [7, 11) is 0. The minimum absolute atomic E-state index is 0.155. The molecule has 0 fully saturated rings. The molecule has 2 aromatic heterocycles. The fraction of sp³-hybridized carbons (Fsp3) is 0.214. The molecule has 0 unspecified atom stereocenters. The molecule has 0 atom stereocenters. The fourth-order valence-electron chi connectivity index (χ4n) is 2.00. The van der Waals surface area contributed by atoms with Gasteiger partial charge >= 0.3 is 0 Å². The van der Waals surface area contributed by atoms with Crippen LogP contribution < -0.4 is 5.32 Å². The van der Waals surface area contributed by atoms with Gasteiger partial charge < -0.3 is 14.3 Å². The van der Waals surface area contributed by atoms with E-state index in [9.17, 15) is 4.79 Å². The van der Waals surface area contributed by atoms with Crippen LogP contribution in [0.2, 0.25) is 0 Å². The van der Waals surface area contributed by atoms with Gasteiger partial charge in [-0.3, -0.25) is 4.79 Å². The summed E-state index contributed by atoms with van der Waals surface area (Å²) < 4.78 is 10.3. The number of oxazole rings is 1. The van der Waals surface area contributed by atoms with Gasteiger partial charge in [-0.2, -0.15) is 0 Å². The number of hydrogen-bond donors (Lipinski definition) is 1. The van der Waals surface area contributed by atoms with E-state index in [1.165, 1.54) is 0 Å². The monoisotopic (exact) mass is 271 g/mol. The van der Waals surface area contributed by atoms with E-state index in [2.05, 4.69) is 15.5 Å². The zero-order valence-electron chi connectivity index (χ0n) is 11.1. The second-order valence-corrected chi connectivity index (χ2v) is 4.58. The summed E-state index contributed by atoms with van der Waals surface area (Å²) >= 11 is 0. The van der Waals surface area contributed by atoms with Gasteiger partial charge in [0.15, 0.2) is 17.3 Å². The molecule has 0 saturated carbocycles. The molecule has 0 aliphatic carbocycles. The Kier molecular flexibility index (Phi) is 2.98. The molecule has 3 aromatic rings. The van der Waals surface area contributed by atoms with Crippen molar-refractivity contribution in [2.45, 2.75) is 20.3 Å². The Balaban J connectivity index is 1.73. The molecule has 2 heterocycles. The highest BCUT2D eigenvalue weighted by Crippen LogP contribution is 2.17. The number of fused-ring (bicyclic) bond motifs is 1. The molecule has 0 saturated heterocycles. The highest BCUT2D eigenvalue weighted by Gasteiger charge is 2.09. The van der Waals surface area contributed by atoms with Crippen molar-refractivity contribution in [1.82, 2.24) is 10.1 Å². The van der Waals surface area contributed by atoms with E-state index < -0.39 is 0 Å². The third kappa shape index (κ3) is 2.54. The maximum Gasteiger partial charge on any atom is 0.230 e. The van der Waals surface area contributed by atoms with E-state index in [0.29, 0.717) is 17.5 Å². The number of aromatic nitrogens is 2. The number of carbonyl (C=O) groups excluding carboxylic acids is 1. The number of hydrogen-bond acceptors (Lipinski definition) is 5. The summed E-state index contributed by atoms with van der Waals surface area (Å²) in [5.74, 6) is 1.53. The topological polar surface area (TPSA) is 81.2 Å². The predicted octanol–water partition coefficient (Wildman–Crippen LogP) is 2.61. The first kappa shape index (κ1) is 12.4. The number of nitrogens with one attached hydrogen (secondary N) is 1. The lowest BCUT2D eigenvalue weighted by molar-refractivity contribution is -0.115. The van der Waals surface area contributed by atoms with E-state index >= 15 is 0 Å². The van der Waals surface area contributed by atoms with E-state index in [0.717, 1.165) is 16.7 Å². The number of rotatable bonds is 3. The average Bonchev–Trinajstić information content (AvgIpc) is 2.93. The molecular weight excluding hydrogens is 258 g/mol. The highest BCUT2D eigenvalue weighted by molar-refractivity contribution is 5.91. The van der Waals surface area contributed by atoms with E-state index in [1.54, 1.807) is 19.9 Å². The molecule has 0 radical (unpaired) electrons. The Labute approximate surface area is 114 Å². The van der Waals surface area contributed by atoms with E-state index in [4.69, 9.17) is 8.94 Å². The van der Waals surface area contributed by atoms with Gasteiger partial charge in [0.2, 0.25) is 5.91 Å². The van der Waals surface area contributed by atoms with Crippen molar-refractivity contribution in [1.29, 1.82) is 0 Å². The Morgan fingerprint density at radius 3 is 2.90 bits per heavy atom. The average molecular weight is 271 g/mol. The first-order valence-corrected chi connectivity index (χ1v) is 6.19. The van der Waals surface area contributed by atoms with Crippen molar-refractivity contribution in [3.8, 4) is 0 Å². The predicted molar refractivity (Wildman–Crippen MR) is 72.3 cm³/mol. The van der Waals surface area contributed by atoms with Crippen molar-refractivity contribution in [2.75, 3.05) is 5.32 Å². The smallest absolute Gasteiger partial charge is 0.230 e. The van der Waals surface area contributed by atoms with Gasteiger partial charge in [0.1, 0.15) is 11.3 Å². The molecule has 6 heteroatoms. The highest BCUT2D eigenvalue weighted by atomic mass is 16.5. The van der Waals surface area contributed by atoms with Gasteiger partial charge in [0.05, 0.1) is 6.42 Å². The standard InChI is InChI=1S/C14H13N3O3/c1-8-5-13(17-20-8)16-14(18)7-10-3-4-12-11(6-10)15-9(2)19-12/h3-6H,7H2,1-2H3,(H,16,17,18). The second kappa shape index (κ2) is 4.80. The molecule has 1 amide bonds. The maximum absolute atomic E-state index is 11.9. The minimum atomic E-state index is -0.155. The molecule has 102 valence electrons. The van der Waals surface area contributed by atoms with Crippen LogP contribution in [0.5, 0.6) is 0 Å². The van der Waals surface area contributed by atoms with Crippen LogP contribution in [0.25, 0.3) is 11.1 Å². The van der Waals surface area contributed by atoms with Crippen molar-refractivity contribution >= 4 is 22.8 Å². The van der Waals surface area contributed by atoms with Crippen molar-refractivity contribution in [2.24, 2.45) is 0 Å². The molecule has 0 aliphatic heterocycles. The lowest BCUT2D eigenvalue weighted by Gasteiger charge is -2.01. The van der Waals surface area contributed by atoms with Gasteiger partial charge in [-0.05, 0) is 24.6 Å². The third-order valence-electron chi connectivity index (χ3n) is 2.82. The Bertz CT molecular complexity index is 773. The second-order valence-electron chi connectivity index (χ2n) is 4.58. The van der Waals surface area contributed by atoms with Crippen molar-refractivity contribution in [3.63, 3.8) is 0 Å². The van der Waals surface area contributed by atoms with Crippen molar-refractivity contribution in [3.05, 3.63) is 41.5 Å². The summed E-state index contributed by atoms with van der Waals surface area (Å²) in [5.41, 5.74) is 2.34. The lowest BCUT2D eigenvalue weighted by Crippen LogP contribution is -2.14. The van der Waals surface area contributed by atoms with Crippen LogP contribution in [-0.4, -0.2) is 16.0 Å². The first-order valence-electron chi connectivity index (χ1n) is 6.19. The summed E-state index contributed by atoms with van der Waals surface area (Å²) in [4.78, 5) is 16.1. The minimum Gasteiger partial charge on any atom is -0.441 e. The zero-order valence-corrected chi connectivity index (χ0v) is 11.1. The molecule has 0 aliphatic rings. The summed E-state index contributed by atoms with van der Waals surface area (Å²) in [6.45, 7) is 3.56. The van der Waals surface area contributed by atoms with Gasteiger partial charge in [-0.1, -0.05) is 11.2 Å². The summed E-state index contributed by atoms with van der Waals surface area (Å²) in [5, 5.41) is 6.39. The largest absolute Gasteiger partial charge is 0.441 e. The molecular formula is C14H13N3O3. The van der Waals surface area contributed by atoms with E-state index in [1.807, 2.05) is 18.2 Å². The fourth-order valence-corrected chi connectivity index (χ4v) is 2.00. The number of carbonyl (C=O) groups is 1. The molecule has 0 bridgehead atoms. The van der Waals surface area contributed by atoms with Gasteiger partial charge in [-0.25, -0.2) is 4.98 Å². The molecule has 1 aromatic carbocycles. The number of nitrogens with zero attached hydrogens (tertiary/aromatic N) is 2. The normalized spacial score (nSPS) is 10.9. The van der Waals surface area contributed by atoms with Crippen LogP contribution in [0.1, 0.15) is 17.2 Å². The Hall–Kier alpha value is -2.63. The van der Waals surface area contributed by atoms with E-state index in [-0.39, 0.29) is 12.3 Å². The zero-order chi connectivity index (χ0) is 14.1. The Morgan fingerprint density at radius 2 is 2.15 bits per heavy atom. The maximum atomic E-state index is 11.9. The van der Waals surface area contributed by atoms with Crippen LogP contribution in [0.4, 0.5) is 5.82 Å². The molecule has 1 N–H and O–H groups in total. The SMILES string of the molecule is Cc1cc(NC(=O)Cc2ccc3oc(C)nc3c2)no1. The van der Waals surface area contributed by atoms with Crippen molar-refractivity contribution < 1.29 is 13.7 Å².